The van der Waals surface area contributed by atoms with Crippen LogP contribution in [0.1, 0.15) is 30.9 Å². The van der Waals surface area contributed by atoms with E-state index in [1.807, 2.05) is 24.3 Å². The van der Waals surface area contributed by atoms with Crippen LogP contribution in [0.5, 0.6) is 5.75 Å². The molecule has 1 N–H and O–H groups in total. The van der Waals surface area contributed by atoms with E-state index in [9.17, 15) is 4.79 Å². The molecular formula is C15H21NO3. The quantitative estimate of drug-likeness (QED) is 0.856. The second-order valence-corrected chi connectivity index (χ2v) is 4.87. The highest BCUT2D eigenvalue weighted by Gasteiger charge is 2.25. The highest BCUT2D eigenvalue weighted by molar-refractivity contribution is 5.79. The minimum absolute atomic E-state index is 0.140. The van der Waals surface area contributed by atoms with Crippen molar-refractivity contribution in [3.05, 3.63) is 29.8 Å². The Hall–Kier alpha value is -1.55. The molecule has 4 nitrogen and oxygen atoms in total. The monoisotopic (exact) mass is 263 g/mol. The van der Waals surface area contributed by atoms with Gasteiger partial charge in [0.15, 0.2) is 0 Å². The smallest absolute Gasteiger partial charge is 0.223 e. The van der Waals surface area contributed by atoms with Crippen molar-refractivity contribution in [3.63, 3.8) is 0 Å². The Balaban J connectivity index is 1.92. The Labute approximate surface area is 114 Å². The molecule has 1 saturated carbocycles. The molecule has 104 valence electrons. The number of methoxy groups -OCH3 is 2. The molecule has 1 aromatic carbocycles. The summed E-state index contributed by atoms with van der Waals surface area (Å²) in [6.07, 6.45) is 3.06. The molecule has 1 aliphatic rings. The van der Waals surface area contributed by atoms with Crippen LogP contribution in [0.15, 0.2) is 24.3 Å². The van der Waals surface area contributed by atoms with Gasteiger partial charge in [0, 0.05) is 19.6 Å². The zero-order chi connectivity index (χ0) is 13.7. The third kappa shape index (κ3) is 3.47. The molecule has 4 heteroatoms. The lowest BCUT2D eigenvalue weighted by Gasteiger charge is -2.25. The van der Waals surface area contributed by atoms with Crippen molar-refractivity contribution in [2.24, 2.45) is 5.92 Å². The SMILES string of the molecule is COc1cccc([C@@H](CNC(=O)C2CCC2)OC)c1. The second-order valence-electron chi connectivity index (χ2n) is 4.87. The molecule has 0 aromatic heterocycles. The van der Waals surface area contributed by atoms with Crippen molar-refractivity contribution in [3.8, 4) is 5.75 Å². The van der Waals surface area contributed by atoms with E-state index in [1.54, 1.807) is 14.2 Å². The van der Waals surface area contributed by atoms with Crippen LogP contribution in [0.25, 0.3) is 0 Å². The molecular weight excluding hydrogens is 242 g/mol. The maximum Gasteiger partial charge on any atom is 0.223 e. The van der Waals surface area contributed by atoms with Gasteiger partial charge in [-0.2, -0.15) is 0 Å². The number of rotatable bonds is 6. The summed E-state index contributed by atoms with van der Waals surface area (Å²) in [5.74, 6) is 1.16. The van der Waals surface area contributed by atoms with Gasteiger partial charge in [-0.1, -0.05) is 18.6 Å². The fourth-order valence-electron chi connectivity index (χ4n) is 2.19. The summed E-state index contributed by atoms with van der Waals surface area (Å²) in [7, 11) is 3.29. The predicted molar refractivity (Wildman–Crippen MR) is 73.1 cm³/mol. The third-order valence-electron chi connectivity index (χ3n) is 3.69. The number of ether oxygens (including phenoxy) is 2. The average Bonchev–Trinajstić information content (AvgIpc) is 2.37. The van der Waals surface area contributed by atoms with Crippen LogP contribution in [0, 0.1) is 5.92 Å². The number of benzene rings is 1. The van der Waals surface area contributed by atoms with Gasteiger partial charge in [0.25, 0.3) is 0 Å². The van der Waals surface area contributed by atoms with Gasteiger partial charge in [0.05, 0.1) is 13.2 Å². The van der Waals surface area contributed by atoms with E-state index in [2.05, 4.69) is 5.32 Å². The van der Waals surface area contributed by atoms with Crippen LogP contribution in [0.2, 0.25) is 0 Å². The van der Waals surface area contributed by atoms with Crippen molar-refractivity contribution in [1.82, 2.24) is 5.32 Å². The summed E-state index contributed by atoms with van der Waals surface area (Å²) < 4.78 is 10.6. The van der Waals surface area contributed by atoms with Gasteiger partial charge in [0.1, 0.15) is 5.75 Å². The zero-order valence-electron chi connectivity index (χ0n) is 11.5. The molecule has 1 fully saturated rings. The molecule has 0 bridgehead atoms. The number of hydrogen-bond acceptors (Lipinski definition) is 3. The maximum atomic E-state index is 11.8. The molecule has 0 unspecified atom stereocenters. The Morgan fingerprint density at radius 1 is 1.42 bits per heavy atom. The lowest BCUT2D eigenvalue weighted by Crippen LogP contribution is -2.37. The van der Waals surface area contributed by atoms with Gasteiger partial charge < -0.3 is 14.8 Å². The first kappa shape index (κ1) is 13.9. The highest BCUT2D eigenvalue weighted by atomic mass is 16.5. The van der Waals surface area contributed by atoms with Crippen LogP contribution >= 0.6 is 0 Å². The number of amides is 1. The largest absolute Gasteiger partial charge is 0.497 e. The minimum Gasteiger partial charge on any atom is -0.497 e. The van der Waals surface area contributed by atoms with E-state index in [0.29, 0.717) is 6.54 Å². The van der Waals surface area contributed by atoms with E-state index in [1.165, 1.54) is 6.42 Å². The van der Waals surface area contributed by atoms with Crippen molar-refractivity contribution in [2.45, 2.75) is 25.4 Å². The highest BCUT2D eigenvalue weighted by Crippen LogP contribution is 2.26. The fraction of sp³-hybridized carbons (Fsp3) is 0.533. The van der Waals surface area contributed by atoms with Crippen LogP contribution in [0.4, 0.5) is 0 Å². The van der Waals surface area contributed by atoms with Crippen molar-refractivity contribution in [1.29, 1.82) is 0 Å². The summed E-state index contributed by atoms with van der Waals surface area (Å²) >= 11 is 0. The second kappa shape index (κ2) is 6.57. The lowest BCUT2D eigenvalue weighted by atomic mass is 9.85. The molecule has 0 spiro atoms. The molecule has 1 atom stereocenters. The van der Waals surface area contributed by atoms with E-state index >= 15 is 0 Å². The Morgan fingerprint density at radius 2 is 2.21 bits per heavy atom. The lowest BCUT2D eigenvalue weighted by molar-refractivity contribution is -0.127. The number of carbonyl (C=O) groups is 1. The summed E-state index contributed by atoms with van der Waals surface area (Å²) in [6, 6.07) is 7.73. The van der Waals surface area contributed by atoms with Gasteiger partial charge in [-0.3, -0.25) is 4.79 Å². The summed E-state index contributed by atoms with van der Waals surface area (Å²) in [5, 5.41) is 2.97. The number of hydrogen-bond donors (Lipinski definition) is 1. The molecule has 0 radical (unpaired) electrons. The van der Waals surface area contributed by atoms with Crippen molar-refractivity contribution < 1.29 is 14.3 Å². The molecule has 0 aliphatic heterocycles. The Kier molecular flexibility index (Phi) is 4.80. The molecule has 19 heavy (non-hydrogen) atoms. The van der Waals surface area contributed by atoms with Gasteiger partial charge >= 0.3 is 0 Å². The molecule has 1 aromatic rings. The molecule has 0 saturated heterocycles. The summed E-state index contributed by atoms with van der Waals surface area (Å²) in [6.45, 7) is 0.499. The van der Waals surface area contributed by atoms with Crippen molar-refractivity contribution >= 4 is 5.91 Å². The topological polar surface area (TPSA) is 47.6 Å². The molecule has 1 aliphatic carbocycles. The van der Waals surface area contributed by atoms with E-state index in [0.717, 1.165) is 24.2 Å². The predicted octanol–water partition coefficient (Wildman–Crippen LogP) is 2.30. The Bertz CT molecular complexity index is 429. The first-order valence-corrected chi connectivity index (χ1v) is 6.69. The van der Waals surface area contributed by atoms with E-state index < -0.39 is 0 Å². The number of nitrogens with one attached hydrogen (secondary N) is 1. The van der Waals surface area contributed by atoms with E-state index in [-0.39, 0.29) is 17.9 Å². The van der Waals surface area contributed by atoms with E-state index in [4.69, 9.17) is 9.47 Å². The van der Waals surface area contributed by atoms with Crippen LogP contribution in [-0.4, -0.2) is 26.7 Å². The number of carbonyl (C=O) groups excluding carboxylic acids is 1. The van der Waals surface area contributed by atoms with Crippen molar-refractivity contribution in [2.75, 3.05) is 20.8 Å². The Morgan fingerprint density at radius 3 is 2.79 bits per heavy atom. The van der Waals surface area contributed by atoms with Crippen LogP contribution in [-0.2, 0) is 9.53 Å². The van der Waals surface area contributed by atoms with Gasteiger partial charge in [-0.25, -0.2) is 0 Å². The molecule has 2 rings (SSSR count). The molecule has 0 heterocycles. The normalized spacial score (nSPS) is 16.5. The summed E-state index contributed by atoms with van der Waals surface area (Å²) in [4.78, 5) is 11.8. The van der Waals surface area contributed by atoms with Crippen LogP contribution < -0.4 is 10.1 Å². The van der Waals surface area contributed by atoms with Crippen LogP contribution in [0.3, 0.4) is 0 Å². The van der Waals surface area contributed by atoms with Gasteiger partial charge in [-0.05, 0) is 30.5 Å². The van der Waals surface area contributed by atoms with Gasteiger partial charge in [-0.15, -0.1) is 0 Å². The minimum atomic E-state index is -0.140. The van der Waals surface area contributed by atoms with Gasteiger partial charge in [0.2, 0.25) is 5.91 Å². The first-order valence-electron chi connectivity index (χ1n) is 6.69. The molecule has 1 amide bonds. The fourth-order valence-corrected chi connectivity index (χ4v) is 2.19. The maximum absolute atomic E-state index is 11.8. The summed E-state index contributed by atoms with van der Waals surface area (Å²) in [5.41, 5.74) is 1.01. The standard InChI is InChI=1S/C15H21NO3/c1-18-13-8-4-7-12(9-13)14(19-2)10-16-15(17)11-5-3-6-11/h4,7-9,11,14H,3,5-6,10H2,1-2H3,(H,16,17)/t14-/m1/s1. The first-order chi connectivity index (χ1) is 9.24. The third-order valence-corrected chi connectivity index (χ3v) is 3.69. The zero-order valence-corrected chi connectivity index (χ0v) is 11.5. The average molecular weight is 263 g/mol.